The van der Waals surface area contributed by atoms with Crippen LogP contribution in [0.2, 0.25) is 0 Å². The van der Waals surface area contributed by atoms with E-state index in [4.69, 9.17) is 14.2 Å². The van der Waals surface area contributed by atoms with E-state index in [0.29, 0.717) is 18.9 Å². The number of para-hydroxylation sites is 1. The predicted molar refractivity (Wildman–Crippen MR) is 88.3 cm³/mol. The molecule has 2 rings (SSSR count). The van der Waals surface area contributed by atoms with Gasteiger partial charge in [-0.05, 0) is 19.1 Å². The van der Waals surface area contributed by atoms with Crippen LogP contribution in [0.1, 0.15) is 17.6 Å². The Balaban J connectivity index is 1.76. The first kappa shape index (κ1) is 17.2. The minimum absolute atomic E-state index is 0.127. The summed E-state index contributed by atoms with van der Waals surface area (Å²) in [6.45, 7) is 6.01. The van der Waals surface area contributed by atoms with Crippen LogP contribution in [0.15, 0.2) is 48.4 Å². The van der Waals surface area contributed by atoms with Gasteiger partial charge in [-0.2, -0.15) is 0 Å². The van der Waals surface area contributed by atoms with Gasteiger partial charge < -0.3 is 14.2 Å². The van der Waals surface area contributed by atoms with E-state index < -0.39 is 12.1 Å². The second-order valence-electron chi connectivity index (χ2n) is 4.71. The molecule has 6 heteroatoms. The summed E-state index contributed by atoms with van der Waals surface area (Å²) >= 11 is 1.47. The fraction of sp³-hybridized carbons (Fsp3) is 0.294. The molecule has 0 saturated heterocycles. The lowest BCUT2D eigenvalue weighted by atomic mass is 10.3. The van der Waals surface area contributed by atoms with Crippen molar-refractivity contribution in [2.75, 3.05) is 6.61 Å². The lowest BCUT2D eigenvalue weighted by Crippen LogP contribution is -2.23. The van der Waals surface area contributed by atoms with Crippen LogP contribution in [0.4, 0.5) is 0 Å². The number of nitrogens with zero attached hydrogens (tertiary/aromatic N) is 1. The molecule has 0 radical (unpaired) electrons. The monoisotopic (exact) mass is 333 g/mol. The summed E-state index contributed by atoms with van der Waals surface area (Å²) in [7, 11) is 0. The van der Waals surface area contributed by atoms with Crippen molar-refractivity contribution in [1.82, 2.24) is 4.98 Å². The Bertz CT molecular complexity index is 627. The largest absolute Gasteiger partial charge is 0.486 e. The van der Waals surface area contributed by atoms with Crippen LogP contribution in [-0.4, -0.2) is 23.7 Å². The highest BCUT2D eigenvalue weighted by atomic mass is 32.1. The van der Waals surface area contributed by atoms with Gasteiger partial charge in [0.05, 0.1) is 12.3 Å². The molecule has 0 saturated carbocycles. The van der Waals surface area contributed by atoms with E-state index >= 15 is 0 Å². The zero-order valence-corrected chi connectivity index (χ0v) is 13.8. The number of ether oxygens (including phenoxy) is 3. The van der Waals surface area contributed by atoms with Crippen molar-refractivity contribution in [3.8, 4) is 5.75 Å². The van der Waals surface area contributed by atoms with Gasteiger partial charge in [-0.25, -0.2) is 9.78 Å². The van der Waals surface area contributed by atoms with E-state index in [-0.39, 0.29) is 6.61 Å². The molecule has 1 aromatic carbocycles. The van der Waals surface area contributed by atoms with Crippen LogP contribution >= 0.6 is 11.3 Å². The maximum atomic E-state index is 11.7. The lowest BCUT2D eigenvalue weighted by molar-refractivity contribution is -0.156. The molecule has 0 bridgehead atoms. The number of hydrogen-bond donors (Lipinski definition) is 0. The Hall–Kier alpha value is -2.18. The highest BCUT2D eigenvalue weighted by molar-refractivity contribution is 7.09. The first-order chi connectivity index (χ1) is 11.2. The molecule has 0 amide bonds. The Labute approximate surface area is 139 Å². The zero-order valence-electron chi connectivity index (χ0n) is 12.9. The summed E-state index contributed by atoms with van der Waals surface area (Å²) in [5.74, 6) is 0.380. The van der Waals surface area contributed by atoms with Crippen LogP contribution in [0.25, 0.3) is 0 Å². The second-order valence-corrected chi connectivity index (χ2v) is 5.65. The number of hydrogen-bond acceptors (Lipinski definition) is 6. The van der Waals surface area contributed by atoms with Crippen LogP contribution in [-0.2, 0) is 27.5 Å². The van der Waals surface area contributed by atoms with Gasteiger partial charge in [0.15, 0.2) is 6.10 Å². The number of benzene rings is 1. The number of aromatic nitrogens is 1. The minimum atomic E-state index is -0.618. The van der Waals surface area contributed by atoms with Crippen LogP contribution < -0.4 is 4.74 Å². The topological polar surface area (TPSA) is 57.7 Å². The molecule has 5 nitrogen and oxygen atoms in total. The molecule has 1 aromatic heterocycles. The van der Waals surface area contributed by atoms with Gasteiger partial charge in [0.2, 0.25) is 0 Å². The summed E-state index contributed by atoms with van der Waals surface area (Å²) < 4.78 is 16.0. The fourth-order valence-corrected chi connectivity index (χ4v) is 2.38. The van der Waals surface area contributed by atoms with E-state index in [2.05, 4.69) is 11.6 Å². The molecule has 1 heterocycles. The second kappa shape index (κ2) is 9.07. The molecule has 0 fully saturated rings. The first-order valence-electron chi connectivity index (χ1n) is 7.19. The normalized spacial score (nSPS) is 11.7. The number of carbonyl (C=O) groups excluding carboxylic acids is 1. The molecule has 1 atom stereocenters. The molecule has 122 valence electrons. The Kier molecular flexibility index (Phi) is 6.77. The van der Waals surface area contributed by atoms with Crippen molar-refractivity contribution in [3.63, 3.8) is 0 Å². The third-order valence-electron chi connectivity index (χ3n) is 2.86. The van der Waals surface area contributed by atoms with Gasteiger partial charge in [-0.15, -0.1) is 17.9 Å². The molecule has 23 heavy (non-hydrogen) atoms. The predicted octanol–water partition coefficient (Wildman–Crippen LogP) is 3.36. The van der Waals surface area contributed by atoms with Gasteiger partial charge in [-0.3, -0.25) is 0 Å². The average molecular weight is 333 g/mol. The molecule has 1 unspecified atom stereocenters. The van der Waals surface area contributed by atoms with E-state index in [1.807, 2.05) is 35.7 Å². The summed E-state index contributed by atoms with van der Waals surface area (Å²) in [6.07, 6.45) is 0.968. The maximum Gasteiger partial charge on any atom is 0.335 e. The highest BCUT2D eigenvalue weighted by Gasteiger charge is 2.15. The first-order valence-corrected chi connectivity index (χ1v) is 8.07. The number of thiazole rings is 1. The quantitative estimate of drug-likeness (QED) is 0.520. The summed E-state index contributed by atoms with van der Waals surface area (Å²) in [5.41, 5.74) is 0.700. The minimum Gasteiger partial charge on any atom is -0.486 e. The highest BCUT2D eigenvalue weighted by Crippen LogP contribution is 2.15. The van der Waals surface area contributed by atoms with Crippen LogP contribution in [0.3, 0.4) is 0 Å². The lowest BCUT2D eigenvalue weighted by Gasteiger charge is -2.10. The van der Waals surface area contributed by atoms with Crippen molar-refractivity contribution in [2.45, 2.75) is 26.2 Å². The van der Waals surface area contributed by atoms with Gasteiger partial charge >= 0.3 is 5.97 Å². The van der Waals surface area contributed by atoms with Crippen LogP contribution in [0.5, 0.6) is 5.75 Å². The van der Waals surface area contributed by atoms with Gasteiger partial charge in [-0.1, -0.05) is 24.3 Å². The fourth-order valence-electron chi connectivity index (χ4n) is 1.69. The van der Waals surface area contributed by atoms with E-state index in [1.54, 1.807) is 13.0 Å². The summed E-state index contributed by atoms with van der Waals surface area (Å²) in [4.78, 5) is 16.1. The van der Waals surface area contributed by atoms with E-state index in [0.717, 1.165) is 10.8 Å². The Morgan fingerprint density at radius 1 is 1.35 bits per heavy atom. The smallest absolute Gasteiger partial charge is 0.335 e. The molecule has 2 aromatic rings. The van der Waals surface area contributed by atoms with E-state index in [9.17, 15) is 4.79 Å². The molecule has 0 spiro atoms. The van der Waals surface area contributed by atoms with Crippen molar-refractivity contribution < 1.29 is 19.0 Å². The SMILES string of the molecule is C=CCOC(C)C(=O)OCc1csc(COc2ccccc2)n1. The third kappa shape index (κ3) is 5.84. The van der Waals surface area contributed by atoms with Crippen molar-refractivity contribution in [3.05, 3.63) is 59.1 Å². The van der Waals surface area contributed by atoms with Gasteiger partial charge in [0.1, 0.15) is 24.0 Å². The third-order valence-corrected chi connectivity index (χ3v) is 3.73. The molecule has 0 N–H and O–H groups in total. The molecule has 0 aliphatic rings. The molecular weight excluding hydrogens is 314 g/mol. The van der Waals surface area contributed by atoms with Crippen molar-refractivity contribution in [1.29, 1.82) is 0 Å². The Morgan fingerprint density at radius 3 is 2.87 bits per heavy atom. The maximum absolute atomic E-state index is 11.7. The number of carbonyl (C=O) groups is 1. The average Bonchev–Trinajstić information content (AvgIpc) is 3.04. The van der Waals surface area contributed by atoms with Crippen LogP contribution in [0, 0.1) is 0 Å². The van der Waals surface area contributed by atoms with E-state index in [1.165, 1.54) is 11.3 Å². The van der Waals surface area contributed by atoms with Crippen molar-refractivity contribution in [2.24, 2.45) is 0 Å². The van der Waals surface area contributed by atoms with Gasteiger partial charge in [0, 0.05) is 5.38 Å². The molecule has 0 aliphatic carbocycles. The molecular formula is C17H19NO4S. The Morgan fingerprint density at radius 2 is 2.13 bits per heavy atom. The summed E-state index contributed by atoms with van der Waals surface area (Å²) in [5, 5.41) is 2.68. The number of rotatable bonds is 9. The van der Waals surface area contributed by atoms with Gasteiger partial charge in [0.25, 0.3) is 0 Å². The number of esters is 1. The standard InChI is InChI=1S/C17H19NO4S/c1-3-9-20-13(2)17(19)22-10-14-12-23-16(18-14)11-21-15-7-5-4-6-8-15/h3-8,12-13H,1,9-11H2,2H3. The zero-order chi connectivity index (χ0) is 16.5. The summed E-state index contributed by atoms with van der Waals surface area (Å²) in [6, 6.07) is 9.54. The van der Waals surface area contributed by atoms with Crippen molar-refractivity contribution >= 4 is 17.3 Å². The molecule has 0 aliphatic heterocycles.